The number of fused-ring (bicyclic) bond motifs is 1. The lowest BCUT2D eigenvalue weighted by molar-refractivity contribution is 0.0983. The number of aryl methyl sites for hydroxylation is 2. The lowest BCUT2D eigenvalue weighted by Gasteiger charge is -2.24. The third kappa shape index (κ3) is 5.00. The van der Waals surface area contributed by atoms with E-state index in [1.54, 1.807) is 23.1 Å². The molecule has 0 spiro atoms. The molecule has 0 saturated carbocycles. The number of aromatic nitrogens is 1. The van der Waals surface area contributed by atoms with Crippen LogP contribution < -0.4 is 4.90 Å². The second-order valence-corrected chi connectivity index (χ2v) is 9.03. The minimum absolute atomic E-state index is 0.0123. The number of carbonyl (C=O) groups excluding carboxylic acids is 1. The van der Waals surface area contributed by atoms with Crippen molar-refractivity contribution in [3.8, 4) is 0 Å². The molecule has 0 atom stereocenters. The topological polar surface area (TPSA) is 36.4 Å². The molecule has 6 heteroatoms. The fourth-order valence-corrected chi connectivity index (χ4v) is 5.00. The molecule has 3 rings (SSSR count). The number of rotatable bonds is 8. The second kappa shape index (κ2) is 9.74. The summed E-state index contributed by atoms with van der Waals surface area (Å²) < 4.78 is 1.14. The highest BCUT2D eigenvalue weighted by atomic mass is 32.2. The molecule has 0 bridgehead atoms. The molecule has 2 aromatic carbocycles. The van der Waals surface area contributed by atoms with Gasteiger partial charge in [0.1, 0.15) is 0 Å². The maximum absolute atomic E-state index is 13.4. The second-order valence-electron chi connectivity index (χ2n) is 7.14. The van der Waals surface area contributed by atoms with E-state index in [1.807, 2.05) is 35.4 Å². The van der Waals surface area contributed by atoms with Gasteiger partial charge in [-0.3, -0.25) is 9.69 Å². The first-order chi connectivity index (χ1) is 14.0. The third-order valence-corrected chi connectivity index (χ3v) is 6.93. The molecule has 154 valence electrons. The minimum atomic E-state index is 0.0123. The molecular formula is C23H29N3OS2. The van der Waals surface area contributed by atoms with Gasteiger partial charge in [0.25, 0.3) is 5.91 Å². The Labute approximate surface area is 181 Å². The van der Waals surface area contributed by atoms with Gasteiger partial charge in [-0.05, 0) is 74.7 Å². The predicted molar refractivity (Wildman–Crippen MR) is 127 cm³/mol. The van der Waals surface area contributed by atoms with E-state index in [0.717, 1.165) is 45.4 Å². The zero-order chi connectivity index (χ0) is 21.0. The number of likely N-dealkylation sites (N-methyl/N-ethyl adjacent to an activating group) is 1. The number of carbonyl (C=O) groups is 1. The van der Waals surface area contributed by atoms with Gasteiger partial charge in [0.15, 0.2) is 5.13 Å². The minimum Gasteiger partial charge on any atom is -0.302 e. The van der Waals surface area contributed by atoms with Gasteiger partial charge in [0, 0.05) is 23.5 Å². The summed E-state index contributed by atoms with van der Waals surface area (Å²) in [5, 5.41) is 0.778. The number of thioether (sulfide) groups is 1. The van der Waals surface area contributed by atoms with Crippen molar-refractivity contribution in [3.05, 3.63) is 53.1 Å². The van der Waals surface area contributed by atoms with Gasteiger partial charge < -0.3 is 4.90 Å². The zero-order valence-electron chi connectivity index (χ0n) is 17.9. The SMILES string of the molecule is CCN(CC)CCN(C(=O)c1ccc(SC)cc1)c1nc2c(C)cc(C)cc2s1. The molecule has 0 saturated heterocycles. The van der Waals surface area contributed by atoms with Crippen molar-refractivity contribution in [2.75, 3.05) is 37.3 Å². The molecule has 0 aliphatic heterocycles. The predicted octanol–water partition coefficient (Wildman–Crippen LogP) is 5.62. The lowest BCUT2D eigenvalue weighted by Crippen LogP contribution is -2.38. The summed E-state index contributed by atoms with van der Waals surface area (Å²) in [6.07, 6.45) is 2.04. The first kappa shape index (κ1) is 21.8. The average Bonchev–Trinajstić information content (AvgIpc) is 3.15. The van der Waals surface area contributed by atoms with Gasteiger partial charge >= 0.3 is 0 Å². The van der Waals surface area contributed by atoms with Crippen molar-refractivity contribution < 1.29 is 4.79 Å². The summed E-state index contributed by atoms with van der Waals surface area (Å²) >= 11 is 3.28. The van der Waals surface area contributed by atoms with E-state index in [0.29, 0.717) is 12.1 Å². The maximum atomic E-state index is 13.4. The van der Waals surface area contributed by atoms with E-state index in [9.17, 15) is 4.79 Å². The summed E-state index contributed by atoms with van der Waals surface area (Å²) in [7, 11) is 0. The summed E-state index contributed by atoms with van der Waals surface area (Å²) in [5.74, 6) is 0.0123. The van der Waals surface area contributed by atoms with Crippen molar-refractivity contribution in [2.24, 2.45) is 0 Å². The van der Waals surface area contributed by atoms with E-state index in [1.165, 1.54) is 5.56 Å². The highest BCUT2D eigenvalue weighted by Gasteiger charge is 2.22. The molecule has 1 aromatic heterocycles. The van der Waals surface area contributed by atoms with Gasteiger partial charge in [0.05, 0.1) is 10.2 Å². The van der Waals surface area contributed by atoms with Crippen LogP contribution in [0.1, 0.15) is 35.3 Å². The van der Waals surface area contributed by atoms with Crippen LogP contribution in [0, 0.1) is 13.8 Å². The Morgan fingerprint density at radius 1 is 1.07 bits per heavy atom. The van der Waals surface area contributed by atoms with Crippen LogP contribution in [-0.4, -0.2) is 48.2 Å². The van der Waals surface area contributed by atoms with Crippen LogP contribution in [0.3, 0.4) is 0 Å². The van der Waals surface area contributed by atoms with Gasteiger partial charge in [0.2, 0.25) is 0 Å². The van der Waals surface area contributed by atoms with Gasteiger partial charge in [-0.2, -0.15) is 0 Å². The van der Waals surface area contributed by atoms with E-state index in [2.05, 4.69) is 44.7 Å². The maximum Gasteiger partial charge on any atom is 0.260 e. The normalized spacial score (nSPS) is 11.4. The molecule has 0 aliphatic carbocycles. The molecule has 0 aliphatic rings. The fraction of sp³-hybridized carbons (Fsp3) is 0.391. The molecule has 1 amide bonds. The smallest absolute Gasteiger partial charge is 0.260 e. The Morgan fingerprint density at radius 2 is 1.76 bits per heavy atom. The summed E-state index contributed by atoms with van der Waals surface area (Å²) in [5.41, 5.74) is 4.07. The number of nitrogens with zero attached hydrogens (tertiary/aromatic N) is 3. The Balaban J connectivity index is 1.97. The number of anilines is 1. The van der Waals surface area contributed by atoms with Crippen LogP contribution in [-0.2, 0) is 0 Å². The number of hydrogen-bond acceptors (Lipinski definition) is 5. The number of thiazole rings is 1. The molecule has 0 N–H and O–H groups in total. The van der Waals surface area contributed by atoms with E-state index >= 15 is 0 Å². The van der Waals surface area contributed by atoms with Crippen LogP contribution in [0.2, 0.25) is 0 Å². The molecule has 0 fully saturated rings. The first-order valence-corrected chi connectivity index (χ1v) is 12.1. The summed E-state index contributed by atoms with van der Waals surface area (Å²) in [6.45, 7) is 11.9. The van der Waals surface area contributed by atoms with Gasteiger partial charge in [-0.1, -0.05) is 31.3 Å². The molecule has 4 nitrogen and oxygen atoms in total. The van der Waals surface area contributed by atoms with Crippen molar-refractivity contribution in [3.63, 3.8) is 0 Å². The highest BCUT2D eigenvalue weighted by molar-refractivity contribution is 7.98. The van der Waals surface area contributed by atoms with Crippen molar-refractivity contribution in [2.45, 2.75) is 32.6 Å². The standard InChI is InChI=1S/C23H29N3OS2/c1-6-25(7-2)12-13-26(22(27)18-8-10-19(28-5)11-9-18)23-24-21-17(4)14-16(3)15-20(21)29-23/h8-11,14-15H,6-7,12-13H2,1-5H3. The Hall–Kier alpha value is -1.89. The largest absolute Gasteiger partial charge is 0.302 e. The van der Waals surface area contributed by atoms with Crippen LogP contribution in [0.15, 0.2) is 41.3 Å². The fourth-order valence-electron chi connectivity index (χ4n) is 3.43. The quantitative estimate of drug-likeness (QED) is 0.437. The molecule has 0 radical (unpaired) electrons. The average molecular weight is 428 g/mol. The van der Waals surface area contributed by atoms with E-state index in [4.69, 9.17) is 4.98 Å². The van der Waals surface area contributed by atoms with Crippen LogP contribution in [0.5, 0.6) is 0 Å². The van der Waals surface area contributed by atoms with Crippen molar-refractivity contribution >= 4 is 44.4 Å². The van der Waals surface area contributed by atoms with Crippen molar-refractivity contribution in [1.29, 1.82) is 0 Å². The highest BCUT2D eigenvalue weighted by Crippen LogP contribution is 2.32. The Bertz CT molecular complexity index is 978. The van der Waals surface area contributed by atoms with E-state index in [-0.39, 0.29) is 5.91 Å². The van der Waals surface area contributed by atoms with Crippen LogP contribution >= 0.6 is 23.1 Å². The van der Waals surface area contributed by atoms with Crippen molar-refractivity contribution in [1.82, 2.24) is 9.88 Å². The monoisotopic (exact) mass is 427 g/mol. The Kier molecular flexibility index (Phi) is 7.33. The summed E-state index contributed by atoms with van der Waals surface area (Å²) in [4.78, 5) is 23.6. The first-order valence-electron chi connectivity index (χ1n) is 10.0. The van der Waals surface area contributed by atoms with Crippen LogP contribution in [0.25, 0.3) is 10.2 Å². The Morgan fingerprint density at radius 3 is 2.38 bits per heavy atom. The lowest BCUT2D eigenvalue weighted by atomic mass is 10.1. The third-order valence-electron chi connectivity index (χ3n) is 5.17. The molecule has 1 heterocycles. The van der Waals surface area contributed by atoms with Gasteiger partial charge in [-0.25, -0.2) is 4.98 Å². The zero-order valence-corrected chi connectivity index (χ0v) is 19.5. The summed E-state index contributed by atoms with van der Waals surface area (Å²) in [6, 6.07) is 12.2. The van der Waals surface area contributed by atoms with Crippen LogP contribution in [0.4, 0.5) is 5.13 Å². The van der Waals surface area contributed by atoms with Gasteiger partial charge in [-0.15, -0.1) is 11.8 Å². The number of benzene rings is 2. The number of hydrogen-bond donors (Lipinski definition) is 0. The molecule has 29 heavy (non-hydrogen) atoms. The molecule has 0 unspecified atom stereocenters. The number of amides is 1. The molecule has 3 aromatic rings. The van der Waals surface area contributed by atoms with E-state index < -0.39 is 0 Å². The molecular weight excluding hydrogens is 398 g/mol.